The van der Waals surface area contributed by atoms with Crippen LogP contribution >= 0.6 is 0 Å². The molecule has 29 heavy (non-hydrogen) atoms. The van der Waals surface area contributed by atoms with E-state index in [0.29, 0.717) is 29.0 Å². The number of carbonyl (C=O) groups is 2. The average Bonchev–Trinajstić information content (AvgIpc) is 3.09. The molecule has 154 valence electrons. The van der Waals surface area contributed by atoms with Gasteiger partial charge in [-0.25, -0.2) is 0 Å². The van der Waals surface area contributed by atoms with E-state index in [4.69, 9.17) is 0 Å². The van der Waals surface area contributed by atoms with Crippen molar-refractivity contribution in [3.8, 4) is 11.1 Å². The molecule has 0 radical (unpaired) electrons. The average molecular weight is 393 g/mol. The number of nitrogens with zero attached hydrogens (tertiary/aromatic N) is 1. The predicted octanol–water partition coefficient (Wildman–Crippen LogP) is 5.00. The summed E-state index contributed by atoms with van der Waals surface area (Å²) in [6.45, 7) is 7.98. The largest absolute Gasteiger partial charge is 0.352 e. The number of carbonyl (C=O) groups excluding carboxylic acids is 2. The van der Waals surface area contributed by atoms with Crippen molar-refractivity contribution in [1.82, 2.24) is 10.2 Å². The Morgan fingerprint density at radius 2 is 1.55 bits per heavy atom. The summed E-state index contributed by atoms with van der Waals surface area (Å²) in [5.74, 6) is 0.568. The van der Waals surface area contributed by atoms with Gasteiger partial charge in [0.2, 0.25) is 0 Å². The van der Waals surface area contributed by atoms with Crippen molar-refractivity contribution < 1.29 is 9.59 Å². The molecule has 4 heteroatoms. The maximum Gasteiger partial charge on any atom is 0.253 e. The first-order chi connectivity index (χ1) is 13.8. The zero-order valence-electron chi connectivity index (χ0n) is 18.0. The normalized spacial score (nSPS) is 17.7. The van der Waals surface area contributed by atoms with Crippen molar-refractivity contribution in [2.75, 3.05) is 20.1 Å². The molecule has 0 saturated heterocycles. The molecule has 4 nitrogen and oxygen atoms in total. The molecule has 1 N–H and O–H groups in total. The van der Waals surface area contributed by atoms with Gasteiger partial charge in [-0.3, -0.25) is 9.59 Å². The molecule has 1 saturated carbocycles. The molecule has 1 unspecified atom stereocenters. The highest BCUT2D eigenvalue weighted by Crippen LogP contribution is 2.42. The molecule has 0 spiro atoms. The Morgan fingerprint density at radius 3 is 2.03 bits per heavy atom. The second-order valence-electron chi connectivity index (χ2n) is 8.76. The lowest BCUT2D eigenvalue weighted by molar-refractivity contribution is 0.0802. The predicted molar refractivity (Wildman–Crippen MR) is 118 cm³/mol. The minimum absolute atomic E-state index is 0.0113. The van der Waals surface area contributed by atoms with E-state index in [0.717, 1.165) is 17.7 Å². The zero-order valence-corrected chi connectivity index (χ0v) is 18.0. The van der Waals surface area contributed by atoms with Gasteiger partial charge in [-0.15, -0.1) is 0 Å². The molecule has 0 aliphatic heterocycles. The second-order valence-corrected chi connectivity index (χ2v) is 8.76. The van der Waals surface area contributed by atoms with Crippen molar-refractivity contribution in [1.29, 1.82) is 0 Å². The Hall–Kier alpha value is -2.62. The monoisotopic (exact) mass is 392 g/mol. The summed E-state index contributed by atoms with van der Waals surface area (Å²) < 4.78 is 0. The summed E-state index contributed by atoms with van der Waals surface area (Å²) in [7, 11) is 1.80. The molecule has 2 amide bonds. The van der Waals surface area contributed by atoms with Crippen molar-refractivity contribution >= 4 is 11.8 Å². The molecular formula is C25H32N2O2. The third kappa shape index (κ3) is 4.87. The van der Waals surface area contributed by atoms with E-state index in [1.807, 2.05) is 55.5 Å². The van der Waals surface area contributed by atoms with Gasteiger partial charge in [-0.1, -0.05) is 44.5 Å². The van der Waals surface area contributed by atoms with Crippen LogP contribution in [0.4, 0.5) is 0 Å². The van der Waals surface area contributed by atoms with Gasteiger partial charge in [0.1, 0.15) is 0 Å². The maximum absolute atomic E-state index is 12.5. The van der Waals surface area contributed by atoms with Crippen LogP contribution in [0.5, 0.6) is 0 Å². The smallest absolute Gasteiger partial charge is 0.253 e. The van der Waals surface area contributed by atoms with Gasteiger partial charge in [0.25, 0.3) is 11.8 Å². The van der Waals surface area contributed by atoms with Crippen LogP contribution in [0.3, 0.4) is 0 Å². The quantitative estimate of drug-likeness (QED) is 0.752. The highest BCUT2D eigenvalue weighted by Gasteiger charge is 2.34. The lowest BCUT2D eigenvalue weighted by Crippen LogP contribution is -2.33. The summed E-state index contributed by atoms with van der Waals surface area (Å²) in [6.07, 6.45) is 3.68. The number of benzene rings is 2. The van der Waals surface area contributed by atoms with Crippen molar-refractivity contribution in [3.05, 3.63) is 59.7 Å². The first kappa shape index (κ1) is 21.1. The molecule has 1 aliphatic carbocycles. The third-order valence-electron chi connectivity index (χ3n) is 6.42. The molecule has 2 aromatic carbocycles. The van der Waals surface area contributed by atoms with E-state index < -0.39 is 0 Å². The van der Waals surface area contributed by atoms with E-state index in [1.165, 1.54) is 19.3 Å². The van der Waals surface area contributed by atoms with Gasteiger partial charge in [0.15, 0.2) is 0 Å². The SMILES string of the molecule is CCN(C)C(=O)c1ccc(-c2ccc(C(=O)NCC3CCCC3(C)C)cc2)cc1. The Kier molecular flexibility index (Phi) is 6.41. The molecule has 3 rings (SSSR count). The highest BCUT2D eigenvalue weighted by atomic mass is 16.2. The van der Waals surface area contributed by atoms with Crippen LogP contribution < -0.4 is 5.32 Å². The van der Waals surface area contributed by atoms with Crippen LogP contribution in [-0.2, 0) is 0 Å². The van der Waals surface area contributed by atoms with Crippen LogP contribution in [0, 0.1) is 11.3 Å². The summed E-state index contributed by atoms with van der Waals surface area (Å²) in [6, 6.07) is 15.3. The van der Waals surface area contributed by atoms with E-state index in [2.05, 4.69) is 19.2 Å². The fraction of sp³-hybridized carbons (Fsp3) is 0.440. The highest BCUT2D eigenvalue weighted by molar-refractivity contribution is 5.95. The van der Waals surface area contributed by atoms with Crippen molar-refractivity contribution in [2.45, 2.75) is 40.0 Å². The molecular weight excluding hydrogens is 360 g/mol. The molecule has 1 atom stereocenters. The van der Waals surface area contributed by atoms with Crippen LogP contribution in [0.15, 0.2) is 48.5 Å². The third-order valence-corrected chi connectivity index (χ3v) is 6.42. The Morgan fingerprint density at radius 1 is 1.00 bits per heavy atom. The zero-order chi connectivity index (χ0) is 21.0. The second kappa shape index (κ2) is 8.81. The topological polar surface area (TPSA) is 49.4 Å². The lowest BCUT2D eigenvalue weighted by atomic mass is 9.82. The van der Waals surface area contributed by atoms with Gasteiger partial charge in [0.05, 0.1) is 0 Å². The molecule has 0 bridgehead atoms. The number of amides is 2. The van der Waals surface area contributed by atoms with Gasteiger partial charge >= 0.3 is 0 Å². The van der Waals surface area contributed by atoms with Crippen molar-refractivity contribution in [3.63, 3.8) is 0 Å². The summed E-state index contributed by atoms with van der Waals surface area (Å²) in [5.41, 5.74) is 3.74. The minimum atomic E-state index is -0.0113. The standard InChI is InChI=1S/C25H32N2O2/c1-5-27(4)24(29)21-14-10-19(11-15-21)18-8-12-20(13-9-18)23(28)26-17-22-7-6-16-25(22,2)3/h8-15,22H,5-7,16-17H2,1-4H3,(H,26,28). The van der Waals surface area contributed by atoms with Gasteiger partial charge in [-0.05, 0) is 66.5 Å². The first-order valence-corrected chi connectivity index (χ1v) is 10.6. The van der Waals surface area contributed by atoms with Crippen LogP contribution in [0.1, 0.15) is 60.7 Å². The van der Waals surface area contributed by atoms with Gasteiger partial charge in [-0.2, -0.15) is 0 Å². The van der Waals surface area contributed by atoms with E-state index in [1.54, 1.807) is 11.9 Å². The van der Waals surface area contributed by atoms with Gasteiger partial charge in [0, 0.05) is 31.3 Å². The van der Waals surface area contributed by atoms with Crippen LogP contribution in [0.25, 0.3) is 11.1 Å². The maximum atomic E-state index is 12.5. The van der Waals surface area contributed by atoms with Gasteiger partial charge < -0.3 is 10.2 Å². The Bertz CT molecular complexity index is 853. The van der Waals surface area contributed by atoms with Crippen molar-refractivity contribution in [2.24, 2.45) is 11.3 Å². The molecule has 1 aliphatic rings. The Balaban J connectivity index is 1.62. The summed E-state index contributed by atoms with van der Waals surface area (Å²) >= 11 is 0. The van der Waals surface area contributed by atoms with E-state index >= 15 is 0 Å². The molecule has 0 aromatic heterocycles. The fourth-order valence-electron chi connectivity index (χ4n) is 4.08. The number of hydrogen-bond acceptors (Lipinski definition) is 2. The van der Waals surface area contributed by atoms with E-state index in [-0.39, 0.29) is 11.8 Å². The van der Waals surface area contributed by atoms with Crippen LogP contribution in [0.2, 0.25) is 0 Å². The summed E-state index contributed by atoms with van der Waals surface area (Å²) in [5, 5.41) is 3.11. The van der Waals surface area contributed by atoms with Crippen LogP contribution in [-0.4, -0.2) is 36.9 Å². The molecule has 2 aromatic rings. The Labute approximate surface area is 174 Å². The summed E-state index contributed by atoms with van der Waals surface area (Å²) in [4.78, 5) is 26.4. The number of rotatable bonds is 6. The first-order valence-electron chi connectivity index (χ1n) is 10.6. The minimum Gasteiger partial charge on any atom is -0.352 e. The molecule has 1 fully saturated rings. The lowest BCUT2D eigenvalue weighted by Gasteiger charge is -2.27. The fourth-order valence-corrected chi connectivity index (χ4v) is 4.08. The van der Waals surface area contributed by atoms with E-state index in [9.17, 15) is 9.59 Å². The number of hydrogen-bond donors (Lipinski definition) is 1. The molecule has 0 heterocycles. The number of nitrogens with one attached hydrogen (secondary N) is 1.